The minimum atomic E-state index is -0.707. The number of methoxy groups -OCH3 is 2. The largest absolute Gasteiger partial charge is 0.497 e. The number of anilines is 1. The molecule has 35 heavy (non-hydrogen) atoms. The van der Waals surface area contributed by atoms with E-state index in [4.69, 9.17) is 49.0 Å². The number of ether oxygens (including phenoxy) is 3. The van der Waals surface area contributed by atoms with Gasteiger partial charge in [-0.25, -0.2) is 4.79 Å². The summed E-state index contributed by atoms with van der Waals surface area (Å²) in [4.78, 5) is 25.2. The minimum Gasteiger partial charge on any atom is -0.497 e. The summed E-state index contributed by atoms with van der Waals surface area (Å²) < 4.78 is 15.8. The summed E-state index contributed by atoms with van der Waals surface area (Å²) in [6.07, 6.45) is 1.30. The molecule has 3 rings (SSSR count). The first kappa shape index (κ1) is 25.9. The van der Waals surface area contributed by atoms with Gasteiger partial charge in [0, 0.05) is 0 Å². The van der Waals surface area contributed by atoms with Crippen LogP contribution in [0.2, 0.25) is 15.1 Å². The van der Waals surface area contributed by atoms with Gasteiger partial charge < -0.3 is 19.5 Å². The molecular weight excluding hydrogens is 515 g/mol. The van der Waals surface area contributed by atoms with Crippen LogP contribution in [0.4, 0.5) is 5.69 Å². The van der Waals surface area contributed by atoms with Crippen molar-refractivity contribution in [3.8, 4) is 23.3 Å². The highest BCUT2D eigenvalue weighted by molar-refractivity contribution is 6.44. The molecule has 7 nitrogen and oxygen atoms in total. The molecule has 0 aromatic heterocycles. The number of amides is 1. The summed E-state index contributed by atoms with van der Waals surface area (Å²) in [5.74, 6) is -0.668. The Hall–Kier alpha value is -3.70. The van der Waals surface area contributed by atoms with Crippen molar-refractivity contribution < 1.29 is 23.8 Å². The number of nitrogens with one attached hydrogen (secondary N) is 1. The van der Waals surface area contributed by atoms with Crippen LogP contribution >= 0.6 is 34.8 Å². The van der Waals surface area contributed by atoms with Crippen molar-refractivity contribution in [2.45, 2.75) is 0 Å². The van der Waals surface area contributed by atoms with Crippen LogP contribution < -0.4 is 19.5 Å². The van der Waals surface area contributed by atoms with E-state index in [1.165, 1.54) is 32.4 Å². The second-order valence-electron chi connectivity index (χ2n) is 6.88. The van der Waals surface area contributed by atoms with Crippen molar-refractivity contribution in [3.05, 3.63) is 86.4 Å². The number of hydrogen-bond acceptors (Lipinski definition) is 6. The van der Waals surface area contributed by atoms with Gasteiger partial charge in [-0.3, -0.25) is 4.79 Å². The fraction of sp³-hybridized carbons (Fsp3) is 0.0800. The monoisotopic (exact) mass is 530 g/mol. The van der Waals surface area contributed by atoms with Gasteiger partial charge in [0.15, 0.2) is 11.5 Å². The Morgan fingerprint density at radius 2 is 1.69 bits per heavy atom. The number of nitriles is 1. The molecule has 3 aromatic carbocycles. The summed E-state index contributed by atoms with van der Waals surface area (Å²) in [5, 5.41) is 12.5. The molecule has 0 unspecified atom stereocenters. The topological polar surface area (TPSA) is 97.7 Å². The number of benzene rings is 3. The number of esters is 1. The second kappa shape index (κ2) is 11.6. The molecule has 3 aromatic rings. The predicted molar refractivity (Wildman–Crippen MR) is 135 cm³/mol. The zero-order chi connectivity index (χ0) is 25.5. The Labute approximate surface area is 216 Å². The number of hydrogen-bond donors (Lipinski definition) is 1. The molecular formula is C25H17Cl3N2O5. The molecule has 0 saturated heterocycles. The molecule has 0 atom stereocenters. The summed E-state index contributed by atoms with van der Waals surface area (Å²) in [6, 6.07) is 15.8. The number of carbonyl (C=O) groups excluding carboxylic acids is 2. The first-order valence-electron chi connectivity index (χ1n) is 9.88. The first-order chi connectivity index (χ1) is 16.8. The van der Waals surface area contributed by atoms with Crippen LogP contribution in [0, 0.1) is 11.3 Å². The van der Waals surface area contributed by atoms with Crippen LogP contribution in [0.3, 0.4) is 0 Å². The maximum absolute atomic E-state index is 12.6. The smallest absolute Gasteiger partial charge is 0.343 e. The van der Waals surface area contributed by atoms with Crippen molar-refractivity contribution in [2.75, 3.05) is 19.5 Å². The van der Waals surface area contributed by atoms with E-state index in [0.29, 0.717) is 11.3 Å². The molecule has 0 saturated carbocycles. The van der Waals surface area contributed by atoms with Crippen LogP contribution in [0.15, 0.2) is 60.2 Å². The maximum Gasteiger partial charge on any atom is 0.343 e. The van der Waals surface area contributed by atoms with Crippen molar-refractivity contribution in [1.82, 2.24) is 0 Å². The zero-order valence-corrected chi connectivity index (χ0v) is 20.7. The third-order valence-electron chi connectivity index (χ3n) is 4.65. The lowest BCUT2D eigenvalue weighted by Gasteiger charge is -2.13. The molecule has 10 heteroatoms. The summed E-state index contributed by atoms with van der Waals surface area (Å²) in [5.41, 5.74) is 0.653. The zero-order valence-electron chi connectivity index (χ0n) is 18.4. The second-order valence-corrected chi connectivity index (χ2v) is 8.07. The molecule has 0 spiro atoms. The maximum atomic E-state index is 12.6. The van der Waals surface area contributed by atoms with Crippen molar-refractivity contribution >= 4 is 58.4 Å². The van der Waals surface area contributed by atoms with Crippen molar-refractivity contribution in [1.29, 1.82) is 5.26 Å². The average Bonchev–Trinajstić information content (AvgIpc) is 2.86. The van der Waals surface area contributed by atoms with Crippen molar-refractivity contribution in [2.24, 2.45) is 0 Å². The summed E-state index contributed by atoms with van der Waals surface area (Å²) in [6.45, 7) is 0. The lowest BCUT2D eigenvalue weighted by molar-refractivity contribution is -0.112. The number of rotatable bonds is 7. The summed E-state index contributed by atoms with van der Waals surface area (Å²) >= 11 is 18.4. The first-order valence-corrected chi connectivity index (χ1v) is 11.0. The van der Waals surface area contributed by atoms with Gasteiger partial charge in [-0.05, 0) is 60.2 Å². The number of nitrogens with zero attached hydrogens (tertiary/aromatic N) is 1. The van der Waals surface area contributed by atoms with E-state index in [2.05, 4.69) is 5.32 Å². The quantitative estimate of drug-likeness (QED) is 0.163. The van der Waals surface area contributed by atoms with Crippen molar-refractivity contribution in [3.63, 3.8) is 0 Å². The third-order valence-corrected chi connectivity index (χ3v) is 5.75. The molecule has 0 aliphatic heterocycles. The Kier molecular flexibility index (Phi) is 8.61. The Morgan fingerprint density at radius 3 is 2.31 bits per heavy atom. The van der Waals surface area contributed by atoms with Gasteiger partial charge in [0.1, 0.15) is 17.4 Å². The van der Waals surface area contributed by atoms with Gasteiger partial charge >= 0.3 is 5.97 Å². The molecule has 0 heterocycles. The van der Waals surface area contributed by atoms with Gasteiger partial charge in [0.05, 0.1) is 40.5 Å². The lowest BCUT2D eigenvalue weighted by atomic mass is 10.1. The molecule has 0 aliphatic carbocycles. The predicted octanol–water partition coefficient (Wildman–Crippen LogP) is 6.43. The van der Waals surface area contributed by atoms with E-state index in [0.717, 1.165) is 0 Å². The SMILES string of the molecule is COc1ccc(C(=O)Oc2c(Cl)cc(/C=C(\C#N)C(=O)Nc3cccc(Cl)c3Cl)cc2OC)cc1. The Balaban J connectivity index is 1.86. The average molecular weight is 532 g/mol. The van der Waals surface area contributed by atoms with Gasteiger partial charge in [-0.2, -0.15) is 5.26 Å². The number of halogens is 3. The van der Waals surface area contributed by atoms with Crippen LogP contribution in [0.1, 0.15) is 15.9 Å². The van der Waals surface area contributed by atoms with Gasteiger partial charge in [-0.1, -0.05) is 40.9 Å². The lowest BCUT2D eigenvalue weighted by Crippen LogP contribution is -2.14. The molecule has 0 fully saturated rings. The van der Waals surface area contributed by atoms with E-state index < -0.39 is 11.9 Å². The highest BCUT2D eigenvalue weighted by Crippen LogP contribution is 2.38. The highest BCUT2D eigenvalue weighted by atomic mass is 35.5. The minimum absolute atomic E-state index is 0.0131. The van der Waals surface area contributed by atoms with Gasteiger partial charge in [0.25, 0.3) is 5.91 Å². The van der Waals surface area contributed by atoms with Gasteiger partial charge in [-0.15, -0.1) is 0 Å². The molecule has 1 amide bonds. The fourth-order valence-corrected chi connectivity index (χ4v) is 3.51. The Bertz CT molecular complexity index is 1350. The van der Waals surface area contributed by atoms with E-state index >= 15 is 0 Å². The molecule has 0 bridgehead atoms. The molecule has 178 valence electrons. The normalized spacial score (nSPS) is 10.8. The molecule has 0 radical (unpaired) electrons. The van der Waals surface area contributed by atoms with Crippen LogP contribution in [-0.2, 0) is 4.79 Å². The fourth-order valence-electron chi connectivity index (χ4n) is 2.91. The van der Waals surface area contributed by atoms with E-state index in [-0.39, 0.29) is 43.4 Å². The number of carbonyl (C=O) groups is 2. The van der Waals surface area contributed by atoms with E-state index in [1.54, 1.807) is 42.5 Å². The standard InChI is InChI=1S/C25H17Cl3N2O5/c1-33-17-8-6-15(7-9-17)25(32)35-23-19(27)11-14(12-21(23)34-2)10-16(13-29)24(31)30-20-5-3-4-18(26)22(20)28/h3-12H,1-2H3,(H,30,31)/b16-10+. The van der Waals surface area contributed by atoms with Crippen LogP contribution in [0.5, 0.6) is 17.2 Å². The molecule has 0 aliphatic rings. The van der Waals surface area contributed by atoms with Gasteiger partial charge in [0.2, 0.25) is 0 Å². The third kappa shape index (κ3) is 6.25. The Morgan fingerprint density at radius 1 is 0.971 bits per heavy atom. The molecule has 1 N–H and O–H groups in total. The summed E-state index contributed by atoms with van der Waals surface area (Å²) in [7, 11) is 2.88. The highest BCUT2D eigenvalue weighted by Gasteiger charge is 2.18. The van der Waals surface area contributed by atoms with Crippen LogP contribution in [0.25, 0.3) is 6.08 Å². The van der Waals surface area contributed by atoms with Crippen LogP contribution in [-0.4, -0.2) is 26.1 Å². The van der Waals surface area contributed by atoms with E-state index in [1.807, 2.05) is 6.07 Å². The van der Waals surface area contributed by atoms with E-state index in [9.17, 15) is 14.9 Å².